The van der Waals surface area contributed by atoms with E-state index in [-0.39, 0.29) is 5.92 Å². The zero-order valence-corrected chi connectivity index (χ0v) is 9.04. The summed E-state index contributed by atoms with van der Waals surface area (Å²) in [6, 6.07) is 9.85. The van der Waals surface area contributed by atoms with E-state index in [1.54, 1.807) is 0 Å². The van der Waals surface area contributed by atoms with Crippen molar-refractivity contribution < 1.29 is 0 Å². The summed E-state index contributed by atoms with van der Waals surface area (Å²) in [6.07, 6.45) is 3.86. The molecule has 2 aromatic rings. The molecule has 15 heavy (non-hydrogen) atoms. The third kappa shape index (κ3) is 2.06. The molecule has 1 unspecified atom stereocenters. The van der Waals surface area contributed by atoms with Gasteiger partial charge >= 0.3 is 0 Å². The summed E-state index contributed by atoms with van der Waals surface area (Å²) in [5, 5.41) is 0.772. The van der Waals surface area contributed by atoms with Crippen molar-refractivity contribution in [2.24, 2.45) is 5.73 Å². The van der Waals surface area contributed by atoms with Crippen molar-refractivity contribution in [3.63, 3.8) is 0 Å². The summed E-state index contributed by atoms with van der Waals surface area (Å²) in [4.78, 5) is 3.04. The Labute approximate surface area is 94.1 Å². The SMILES string of the molecule is NCC(c1cc[nH]c1)c1ccccc1Cl. The van der Waals surface area contributed by atoms with Gasteiger partial charge in [0.05, 0.1) is 0 Å². The monoisotopic (exact) mass is 220 g/mol. The summed E-state index contributed by atoms with van der Waals surface area (Å²) in [5.74, 6) is 0.171. The number of nitrogens with one attached hydrogen (secondary N) is 1. The van der Waals surface area contributed by atoms with Gasteiger partial charge in [-0.1, -0.05) is 29.8 Å². The van der Waals surface area contributed by atoms with Gasteiger partial charge in [0.2, 0.25) is 0 Å². The Bertz CT molecular complexity index is 423. The molecule has 78 valence electrons. The molecule has 0 spiro atoms. The lowest BCUT2D eigenvalue weighted by molar-refractivity contribution is 0.820. The molecule has 0 amide bonds. The number of halogens is 1. The second kappa shape index (κ2) is 4.51. The third-order valence-electron chi connectivity index (χ3n) is 2.54. The Morgan fingerprint density at radius 3 is 2.67 bits per heavy atom. The van der Waals surface area contributed by atoms with Crippen LogP contribution in [-0.2, 0) is 0 Å². The Kier molecular flexibility index (Phi) is 3.09. The molecule has 0 saturated carbocycles. The molecule has 2 nitrogen and oxygen atoms in total. The first-order valence-corrected chi connectivity index (χ1v) is 5.28. The average molecular weight is 221 g/mol. The highest BCUT2D eigenvalue weighted by molar-refractivity contribution is 6.31. The maximum absolute atomic E-state index is 6.15. The number of hydrogen-bond donors (Lipinski definition) is 2. The van der Waals surface area contributed by atoms with E-state index in [1.807, 2.05) is 42.7 Å². The van der Waals surface area contributed by atoms with Gasteiger partial charge < -0.3 is 10.7 Å². The van der Waals surface area contributed by atoms with Gasteiger partial charge in [-0.2, -0.15) is 0 Å². The largest absolute Gasteiger partial charge is 0.367 e. The fourth-order valence-electron chi connectivity index (χ4n) is 1.75. The van der Waals surface area contributed by atoms with Crippen molar-refractivity contribution in [3.05, 3.63) is 58.9 Å². The second-order valence-electron chi connectivity index (χ2n) is 3.45. The van der Waals surface area contributed by atoms with Gasteiger partial charge in [-0.05, 0) is 23.3 Å². The van der Waals surface area contributed by atoms with Gasteiger partial charge in [-0.25, -0.2) is 0 Å². The molecule has 2 rings (SSSR count). The van der Waals surface area contributed by atoms with E-state index in [9.17, 15) is 0 Å². The van der Waals surface area contributed by atoms with Crippen LogP contribution >= 0.6 is 11.6 Å². The second-order valence-corrected chi connectivity index (χ2v) is 3.86. The van der Waals surface area contributed by atoms with Crippen LogP contribution in [-0.4, -0.2) is 11.5 Å². The van der Waals surface area contributed by atoms with Crippen LogP contribution in [0.2, 0.25) is 5.02 Å². The first-order chi connectivity index (χ1) is 7.33. The number of hydrogen-bond acceptors (Lipinski definition) is 1. The number of aromatic nitrogens is 1. The first-order valence-electron chi connectivity index (χ1n) is 4.90. The van der Waals surface area contributed by atoms with Crippen molar-refractivity contribution in [1.29, 1.82) is 0 Å². The van der Waals surface area contributed by atoms with E-state index in [1.165, 1.54) is 5.56 Å². The van der Waals surface area contributed by atoms with Gasteiger partial charge in [0.15, 0.2) is 0 Å². The first kappa shape index (κ1) is 10.3. The van der Waals surface area contributed by atoms with Crippen LogP contribution in [0, 0.1) is 0 Å². The standard InChI is InChI=1S/C12H13ClN2/c13-12-4-2-1-3-10(12)11(7-14)9-5-6-15-8-9/h1-6,8,11,15H,7,14H2. The number of aromatic amines is 1. The maximum Gasteiger partial charge on any atom is 0.0444 e. The summed E-state index contributed by atoms with van der Waals surface area (Å²) < 4.78 is 0. The molecular weight excluding hydrogens is 208 g/mol. The van der Waals surface area contributed by atoms with Crippen molar-refractivity contribution in [3.8, 4) is 0 Å². The van der Waals surface area contributed by atoms with E-state index < -0.39 is 0 Å². The summed E-state index contributed by atoms with van der Waals surface area (Å²) in [5.41, 5.74) is 8.05. The van der Waals surface area contributed by atoms with Gasteiger partial charge in [0, 0.05) is 29.9 Å². The van der Waals surface area contributed by atoms with Crippen LogP contribution in [0.4, 0.5) is 0 Å². The van der Waals surface area contributed by atoms with Gasteiger partial charge in [0.1, 0.15) is 0 Å². The van der Waals surface area contributed by atoms with Gasteiger partial charge in [0.25, 0.3) is 0 Å². The third-order valence-corrected chi connectivity index (χ3v) is 2.88. The van der Waals surface area contributed by atoms with Crippen molar-refractivity contribution in [2.45, 2.75) is 5.92 Å². The zero-order valence-electron chi connectivity index (χ0n) is 8.28. The minimum atomic E-state index is 0.171. The quantitative estimate of drug-likeness (QED) is 0.821. The highest BCUT2D eigenvalue weighted by Crippen LogP contribution is 2.28. The predicted molar refractivity (Wildman–Crippen MR) is 63.1 cm³/mol. The maximum atomic E-state index is 6.15. The van der Waals surface area contributed by atoms with Crippen LogP contribution in [0.3, 0.4) is 0 Å². The summed E-state index contributed by atoms with van der Waals surface area (Å²) >= 11 is 6.15. The topological polar surface area (TPSA) is 41.8 Å². The van der Waals surface area contributed by atoms with Crippen LogP contribution in [0.1, 0.15) is 17.0 Å². The molecule has 0 aliphatic carbocycles. The molecule has 1 aromatic heterocycles. The molecule has 3 N–H and O–H groups in total. The Hall–Kier alpha value is -1.25. The molecule has 1 heterocycles. The Morgan fingerprint density at radius 2 is 2.07 bits per heavy atom. The van der Waals surface area contributed by atoms with Crippen molar-refractivity contribution in [2.75, 3.05) is 6.54 Å². The number of H-pyrrole nitrogens is 1. The smallest absolute Gasteiger partial charge is 0.0444 e. The molecule has 0 radical (unpaired) electrons. The molecule has 1 aromatic carbocycles. The van der Waals surface area contributed by atoms with E-state index >= 15 is 0 Å². The van der Waals surface area contributed by atoms with Crippen LogP contribution in [0.25, 0.3) is 0 Å². The minimum absolute atomic E-state index is 0.171. The van der Waals surface area contributed by atoms with Gasteiger partial charge in [-0.3, -0.25) is 0 Å². The van der Waals surface area contributed by atoms with E-state index in [0.29, 0.717) is 6.54 Å². The van der Waals surface area contributed by atoms with E-state index in [4.69, 9.17) is 17.3 Å². The van der Waals surface area contributed by atoms with Crippen molar-refractivity contribution in [1.82, 2.24) is 4.98 Å². The van der Waals surface area contributed by atoms with Gasteiger partial charge in [-0.15, -0.1) is 0 Å². The lowest BCUT2D eigenvalue weighted by Crippen LogP contribution is -2.13. The molecule has 1 atom stereocenters. The molecular formula is C12H13ClN2. The zero-order chi connectivity index (χ0) is 10.7. The molecule has 0 aliphatic heterocycles. The summed E-state index contributed by atoms with van der Waals surface area (Å²) in [6.45, 7) is 0.557. The Balaban J connectivity index is 2.40. The molecule has 0 saturated heterocycles. The van der Waals surface area contributed by atoms with E-state index in [0.717, 1.165) is 10.6 Å². The number of rotatable bonds is 3. The molecule has 3 heteroatoms. The number of benzene rings is 1. The van der Waals surface area contributed by atoms with Crippen molar-refractivity contribution >= 4 is 11.6 Å². The predicted octanol–water partition coefficient (Wildman–Crippen LogP) is 2.76. The molecule has 0 fully saturated rings. The van der Waals surface area contributed by atoms with E-state index in [2.05, 4.69) is 4.98 Å². The fourth-order valence-corrected chi connectivity index (χ4v) is 2.02. The minimum Gasteiger partial charge on any atom is -0.367 e. The lowest BCUT2D eigenvalue weighted by Gasteiger charge is -2.15. The molecule has 0 aliphatic rings. The highest BCUT2D eigenvalue weighted by Gasteiger charge is 2.14. The average Bonchev–Trinajstić information content (AvgIpc) is 2.75. The van der Waals surface area contributed by atoms with Crippen LogP contribution < -0.4 is 5.73 Å². The highest BCUT2D eigenvalue weighted by atomic mass is 35.5. The Morgan fingerprint density at radius 1 is 1.27 bits per heavy atom. The number of nitrogens with two attached hydrogens (primary N) is 1. The summed E-state index contributed by atoms with van der Waals surface area (Å²) in [7, 11) is 0. The fraction of sp³-hybridized carbons (Fsp3) is 0.167. The molecule has 0 bridgehead atoms. The van der Waals surface area contributed by atoms with Crippen LogP contribution in [0.5, 0.6) is 0 Å². The normalized spacial score (nSPS) is 12.7. The van der Waals surface area contributed by atoms with Crippen LogP contribution in [0.15, 0.2) is 42.7 Å². The lowest BCUT2D eigenvalue weighted by atomic mass is 9.93.